The molecule has 2 atom stereocenters. The molecule has 0 radical (unpaired) electrons. The zero-order chi connectivity index (χ0) is 29.8. The number of rotatable bonds is 16. The third-order valence-corrected chi connectivity index (χ3v) is 9.33. The molecule has 0 amide bonds. The average molecular weight is 587 g/mol. The number of benzene rings is 4. The maximum absolute atomic E-state index is 14.7. The van der Waals surface area contributed by atoms with E-state index in [1.54, 1.807) is 24.3 Å². The highest BCUT2D eigenvalue weighted by Crippen LogP contribution is 2.57. The third-order valence-electron chi connectivity index (χ3n) is 7.33. The summed E-state index contributed by atoms with van der Waals surface area (Å²) >= 11 is 0. The van der Waals surface area contributed by atoms with Crippen molar-refractivity contribution in [2.45, 2.75) is 32.5 Å². The smallest absolute Gasteiger partial charge is 0.332 e. The van der Waals surface area contributed by atoms with E-state index in [0.29, 0.717) is 5.56 Å². The summed E-state index contributed by atoms with van der Waals surface area (Å²) in [5.41, 5.74) is 1.17. The molecule has 0 aliphatic carbocycles. The predicted octanol–water partition coefficient (Wildman–Crippen LogP) is 7.26. The Balaban J connectivity index is 1.78. The summed E-state index contributed by atoms with van der Waals surface area (Å²) in [6.45, 7) is -0.119. The van der Waals surface area contributed by atoms with Gasteiger partial charge in [0, 0.05) is 6.42 Å². The molecule has 7 nitrogen and oxygen atoms in total. The van der Waals surface area contributed by atoms with E-state index < -0.39 is 43.5 Å². The second-order valence-corrected chi connectivity index (χ2v) is 12.4. The van der Waals surface area contributed by atoms with E-state index in [-0.39, 0.29) is 26.1 Å². The maximum atomic E-state index is 14.7. The Morgan fingerprint density at radius 1 is 0.643 bits per heavy atom. The zero-order valence-electron chi connectivity index (χ0n) is 23.2. The van der Waals surface area contributed by atoms with Crippen LogP contribution in [0.1, 0.15) is 28.7 Å². The van der Waals surface area contributed by atoms with Crippen LogP contribution in [0.4, 0.5) is 0 Å². The van der Waals surface area contributed by atoms with Gasteiger partial charge in [-0.3, -0.25) is 14.2 Å². The topological polar surface area (TPSA) is 110 Å². The molecular formula is C34H35O7P. The number of carboxylic acid groups (broad SMARTS) is 2. The van der Waals surface area contributed by atoms with Crippen molar-refractivity contribution in [3.63, 3.8) is 0 Å². The van der Waals surface area contributed by atoms with Crippen LogP contribution < -0.4 is 0 Å². The van der Waals surface area contributed by atoms with Crippen molar-refractivity contribution in [3.8, 4) is 0 Å². The lowest BCUT2D eigenvalue weighted by Gasteiger charge is -2.39. The summed E-state index contributed by atoms with van der Waals surface area (Å²) in [7, 11) is -4.14. The van der Waals surface area contributed by atoms with Gasteiger partial charge >= 0.3 is 19.5 Å². The van der Waals surface area contributed by atoms with Gasteiger partial charge in [0.15, 0.2) is 0 Å². The molecule has 0 bridgehead atoms. The van der Waals surface area contributed by atoms with E-state index in [1.165, 1.54) is 0 Å². The Labute approximate surface area is 246 Å². The molecule has 0 heterocycles. The predicted molar refractivity (Wildman–Crippen MR) is 161 cm³/mol. The fourth-order valence-electron chi connectivity index (χ4n) is 5.15. The molecule has 8 heteroatoms. The van der Waals surface area contributed by atoms with Gasteiger partial charge < -0.3 is 19.3 Å². The van der Waals surface area contributed by atoms with Crippen molar-refractivity contribution in [2.24, 2.45) is 11.3 Å². The van der Waals surface area contributed by atoms with Gasteiger partial charge in [-0.25, -0.2) is 0 Å². The van der Waals surface area contributed by atoms with E-state index in [2.05, 4.69) is 0 Å². The minimum atomic E-state index is -4.14. The Morgan fingerprint density at radius 2 is 1.05 bits per heavy atom. The van der Waals surface area contributed by atoms with Crippen molar-refractivity contribution in [1.29, 1.82) is 0 Å². The first kappa shape index (κ1) is 30.9. The molecule has 218 valence electrons. The minimum Gasteiger partial charge on any atom is -0.481 e. The summed E-state index contributed by atoms with van der Waals surface area (Å²) in [5, 5.41) is 20.9. The Morgan fingerprint density at radius 3 is 1.45 bits per heavy atom. The molecule has 2 unspecified atom stereocenters. The number of carbonyl (C=O) groups is 2. The molecule has 0 aromatic heterocycles. The van der Waals surface area contributed by atoms with E-state index in [1.807, 2.05) is 97.1 Å². The molecule has 0 aliphatic rings. The fraction of sp³-hybridized carbons (Fsp3) is 0.235. The Kier molecular flexibility index (Phi) is 10.8. The molecule has 4 aromatic carbocycles. The molecule has 42 heavy (non-hydrogen) atoms. The second-order valence-electron chi connectivity index (χ2n) is 10.4. The monoisotopic (exact) mass is 586 g/mol. The molecule has 2 N–H and O–H groups in total. The Hall–Kier alpha value is -4.03. The van der Waals surface area contributed by atoms with Gasteiger partial charge in [-0.15, -0.1) is 0 Å². The van der Waals surface area contributed by atoms with Crippen LogP contribution >= 0.6 is 7.60 Å². The molecule has 0 fully saturated rings. The van der Waals surface area contributed by atoms with Crippen molar-refractivity contribution >= 4 is 19.5 Å². The van der Waals surface area contributed by atoms with Crippen molar-refractivity contribution < 1.29 is 33.4 Å². The largest absolute Gasteiger partial charge is 0.481 e. The molecule has 0 saturated carbocycles. The molecular weight excluding hydrogens is 551 g/mol. The van der Waals surface area contributed by atoms with Crippen LogP contribution in [0.5, 0.6) is 0 Å². The summed E-state index contributed by atoms with van der Waals surface area (Å²) < 4.78 is 26.7. The highest BCUT2D eigenvalue weighted by Gasteiger charge is 2.52. The van der Waals surface area contributed by atoms with Crippen LogP contribution in [-0.4, -0.2) is 28.3 Å². The van der Waals surface area contributed by atoms with Crippen LogP contribution in [0.3, 0.4) is 0 Å². The molecule has 4 aromatic rings. The fourth-order valence-corrected chi connectivity index (χ4v) is 7.29. The first-order valence-corrected chi connectivity index (χ1v) is 15.5. The van der Waals surface area contributed by atoms with Gasteiger partial charge in [-0.2, -0.15) is 0 Å². The third kappa shape index (κ3) is 8.73. The van der Waals surface area contributed by atoms with E-state index in [4.69, 9.17) is 9.05 Å². The standard InChI is InChI=1S/C34H35O7P/c35-32(36)22-31(21-27-13-5-1-6-14-27)34(33(37)38,23-28-15-7-2-8-16-28)26-42(39,40-24-29-17-9-3-10-18-29)41-25-30-19-11-4-12-20-30/h1-20,31H,21-26H2,(H,35,36)(H,37,38). The quantitative estimate of drug-likeness (QED) is 0.133. The molecule has 0 aliphatic heterocycles. The SMILES string of the molecule is O=C(O)CC(Cc1ccccc1)C(Cc1ccccc1)(CP(=O)(OCc1ccccc1)OCc1ccccc1)C(=O)O. The maximum Gasteiger partial charge on any atom is 0.332 e. The minimum absolute atomic E-state index is 0.0542. The van der Waals surface area contributed by atoms with E-state index in [0.717, 1.165) is 16.7 Å². The van der Waals surface area contributed by atoms with Gasteiger partial charge in [0.05, 0.1) is 24.8 Å². The van der Waals surface area contributed by atoms with Crippen LogP contribution in [0, 0.1) is 11.3 Å². The highest BCUT2D eigenvalue weighted by molar-refractivity contribution is 7.53. The van der Waals surface area contributed by atoms with Gasteiger partial charge in [0.25, 0.3) is 0 Å². The first-order chi connectivity index (χ1) is 20.3. The van der Waals surface area contributed by atoms with E-state index in [9.17, 15) is 24.4 Å². The van der Waals surface area contributed by atoms with Gasteiger partial charge in [-0.1, -0.05) is 121 Å². The average Bonchev–Trinajstić information content (AvgIpc) is 3.00. The van der Waals surface area contributed by atoms with Crippen molar-refractivity contribution in [3.05, 3.63) is 144 Å². The van der Waals surface area contributed by atoms with Gasteiger partial charge in [-0.05, 0) is 41.0 Å². The summed E-state index contributed by atoms with van der Waals surface area (Å²) in [6, 6.07) is 36.4. The summed E-state index contributed by atoms with van der Waals surface area (Å²) in [5.74, 6) is -3.32. The summed E-state index contributed by atoms with van der Waals surface area (Å²) in [4.78, 5) is 25.6. The van der Waals surface area contributed by atoms with Gasteiger partial charge in [0.2, 0.25) is 0 Å². The van der Waals surface area contributed by atoms with Crippen LogP contribution in [0.15, 0.2) is 121 Å². The van der Waals surface area contributed by atoms with Crippen LogP contribution in [0.2, 0.25) is 0 Å². The van der Waals surface area contributed by atoms with Crippen LogP contribution in [-0.2, 0) is 49.3 Å². The molecule has 4 rings (SSSR count). The van der Waals surface area contributed by atoms with Crippen LogP contribution in [0.25, 0.3) is 0 Å². The normalized spacial score (nSPS) is 13.6. The lowest BCUT2D eigenvalue weighted by atomic mass is 9.68. The van der Waals surface area contributed by atoms with E-state index >= 15 is 0 Å². The number of hydrogen-bond donors (Lipinski definition) is 2. The molecule has 0 saturated heterocycles. The zero-order valence-corrected chi connectivity index (χ0v) is 24.1. The molecule has 0 spiro atoms. The summed E-state index contributed by atoms with van der Waals surface area (Å²) in [6.07, 6.45) is -0.842. The lowest BCUT2D eigenvalue weighted by Crippen LogP contribution is -2.46. The van der Waals surface area contributed by atoms with Crippen molar-refractivity contribution in [1.82, 2.24) is 0 Å². The number of aliphatic carboxylic acids is 2. The van der Waals surface area contributed by atoms with Gasteiger partial charge in [0.1, 0.15) is 0 Å². The first-order valence-electron chi connectivity index (χ1n) is 13.8. The van der Waals surface area contributed by atoms with Crippen molar-refractivity contribution in [2.75, 3.05) is 6.16 Å². The number of carboxylic acids is 2. The number of hydrogen-bond acceptors (Lipinski definition) is 5. The lowest BCUT2D eigenvalue weighted by molar-refractivity contribution is -0.153. The second kappa shape index (κ2) is 14.7. The Bertz CT molecular complexity index is 1420. The highest BCUT2D eigenvalue weighted by atomic mass is 31.2.